The first-order valence-corrected chi connectivity index (χ1v) is 12.6. The molecule has 2 heterocycles. The van der Waals surface area contributed by atoms with Crippen molar-refractivity contribution < 1.29 is 4.21 Å². The fraction of sp³-hybridized carbons (Fsp3) is 0.182. The van der Waals surface area contributed by atoms with Gasteiger partial charge >= 0.3 is 0 Å². The van der Waals surface area contributed by atoms with Crippen molar-refractivity contribution in [3.8, 4) is 11.3 Å². The molecule has 2 aromatic heterocycles. The number of halogens is 3. The van der Waals surface area contributed by atoms with E-state index in [9.17, 15) is 4.21 Å². The van der Waals surface area contributed by atoms with E-state index in [0.29, 0.717) is 33.7 Å². The number of nitrogens with one attached hydrogen (secondary N) is 2. The normalized spacial score (nSPS) is 12.2. The minimum Gasteiger partial charge on any atom is -0.370 e. The van der Waals surface area contributed by atoms with Crippen molar-refractivity contribution in [1.29, 1.82) is 0 Å². The van der Waals surface area contributed by atoms with Crippen molar-refractivity contribution in [3.05, 3.63) is 74.8 Å². The van der Waals surface area contributed by atoms with Crippen LogP contribution in [0.2, 0.25) is 10.0 Å². The van der Waals surface area contributed by atoms with Gasteiger partial charge in [0.05, 0.1) is 21.3 Å². The van der Waals surface area contributed by atoms with Gasteiger partial charge in [0.25, 0.3) is 0 Å². The van der Waals surface area contributed by atoms with Gasteiger partial charge in [-0.15, -0.1) is 0 Å². The SMILES string of the molecule is Cc1cc(S(=O)NCCCNc2cc(-c3ccccc3Cl)nc3c(Br)cnn23)ccc1Cl. The number of hydrogen-bond acceptors (Lipinski definition) is 4. The number of nitrogens with zero attached hydrogens (tertiary/aromatic N) is 3. The van der Waals surface area contributed by atoms with E-state index >= 15 is 0 Å². The molecule has 0 amide bonds. The molecule has 0 aliphatic rings. The molecule has 2 aromatic carbocycles. The van der Waals surface area contributed by atoms with E-state index in [1.165, 1.54) is 0 Å². The highest BCUT2D eigenvalue weighted by molar-refractivity contribution is 9.10. The largest absolute Gasteiger partial charge is 0.370 e. The second-order valence-electron chi connectivity index (χ2n) is 7.09. The predicted octanol–water partition coefficient (Wildman–Crippen LogP) is 5.89. The molecule has 0 fully saturated rings. The lowest BCUT2D eigenvalue weighted by Gasteiger charge is -2.12. The molecule has 0 spiro atoms. The average molecular weight is 553 g/mol. The molecule has 10 heteroatoms. The summed E-state index contributed by atoms with van der Waals surface area (Å²) in [5, 5.41) is 9.10. The summed E-state index contributed by atoms with van der Waals surface area (Å²) in [7, 11) is -1.28. The minimum absolute atomic E-state index is 0.579. The van der Waals surface area contributed by atoms with E-state index in [-0.39, 0.29) is 0 Å². The molecule has 4 rings (SSSR count). The second kappa shape index (κ2) is 10.3. The van der Waals surface area contributed by atoms with Crippen LogP contribution < -0.4 is 10.0 Å². The molecule has 0 aliphatic heterocycles. The van der Waals surface area contributed by atoms with E-state index in [1.807, 2.05) is 43.3 Å². The van der Waals surface area contributed by atoms with Crippen LogP contribution >= 0.6 is 39.1 Å². The van der Waals surface area contributed by atoms with Crippen LogP contribution in [0, 0.1) is 6.92 Å². The molecule has 0 saturated carbocycles. The third-order valence-corrected chi connectivity index (χ3v) is 7.28. The van der Waals surface area contributed by atoms with Gasteiger partial charge in [0.1, 0.15) is 16.8 Å². The Kier molecular flexibility index (Phi) is 7.48. The lowest BCUT2D eigenvalue weighted by atomic mass is 10.1. The van der Waals surface area contributed by atoms with Crippen LogP contribution in [0.25, 0.3) is 16.9 Å². The Bertz CT molecular complexity index is 1300. The van der Waals surface area contributed by atoms with Crippen molar-refractivity contribution in [2.24, 2.45) is 0 Å². The van der Waals surface area contributed by atoms with Gasteiger partial charge in [0, 0.05) is 34.8 Å². The first kappa shape index (κ1) is 23.2. The summed E-state index contributed by atoms with van der Waals surface area (Å²) in [6.07, 6.45) is 2.47. The van der Waals surface area contributed by atoms with Crippen LogP contribution in [0.3, 0.4) is 0 Å². The number of benzene rings is 2. The Balaban J connectivity index is 1.42. The number of aromatic nitrogens is 3. The summed E-state index contributed by atoms with van der Waals surface area (Å²) in [6.45, 7) is 3.13. The van der Waals surface area contributed by atoms with Crippen LogP contribution in [-0.4, -0.2) is 31.9 Å². The molecule has 1 atom stereocenters. The van der Waals surface area contributed by atoms with Crippen molar-refractivity contribution in [1.82, 2.24) is 19.3 Å². The van der Waals surface area contributed by atoms with Crippen LogP contribution in [0.15, 0.2) is 64.1 Å². The van der Waals surface area contributed by atoms with E-state index in [4.69, 9.17) is 28.2 Å². The Morgan fingerprint density at radius 2 is 1.91 bits per heavy atom. The topological polar surface area (TPSA) is 71.3 Å². The van der Waals surface area contributed by atoms with Crippen LogP contribution in [0.1, 0.15) is 12.0 Å². The van der Waals surface area contributed by atoms with Gasteiger partial charge in [0.2, 0.25) is 0 Å². The summed E-state index contributed by atoms with van der Waals surface area (Å²) in [5.41, 5.74) is 3.21. The average Bonchev–Trinajstić information content (AvgIpc) is 3.16. The molecular weight excluding hydrogens is 533 g/mol. The van der Waals surface area contributed by atoms with Gasteiger partial charge in [-0.05, 0) is 59.1 Å². The summed E-state index contributed by atoms with van der Waals surface area (Å²) in [5.74, 6) is 0.796. The van der Waals surface area contributed by atoms with Crippen LogP contribution in [0.5, 0.6) is 0 Å². The highest BCUT2D eigenvalue weighted by Crippen LogP contribution is 2.30. The fourth-order valence-corrected chi connectivity index (χ4v) is 4.82. The van der Waals surface area contributed by atoms with E-state index in [2.05, 4.69) is 31.1 Å². The summed E-state index contributed by atoms with van der Waals surface area (Å²) >= 11 is 15.9. The predicted molar refractivity (Wildman–Crippen MR) is 135 cm³/mol. The van der Waals surface area contributed by atoms with Gasteiger partial charge in [-0.25, -0.2) is 13.9 Å². The maximum atomic E-state index is 12.4. The quantitative estimate of drug-likeness (QED) is 0.267. The zero-order valence-corrected chi connectivity index (χ0v) is 21.0. The standard InChI is InChI=1S/C22H20BrCl2N5OS/c1-14-11-15(7-8-18(14)24)32(31)28-10-4-9-26-21-12-20(16-5-2-3-6-19(16)25)29-22-17(23)13-27-30(21)22/h2-3,5-8,11-13,26,28H,4,9-10H2,1H3. The lowest BCUT2D eigenvalue weighted by Crippen LogP contribution is -2.21. The van der Waals surface area contributed by atoms with E-state index in [1.54, 1.807) is 22.8 Å². The summed E-state index contributed by atoms with van der Waals surface area (Å²) in [4.78, 5) is 5.42. The monoisotopic (exact) mass is 551 g/mol. The maximum absolute atomic E-state index is 12.4. The number of anilines is 1. The zero-order valence-electron chi connectivity index (χ0n) is 17.1. The molecule has 2 N–H and O–H groups in total. The van der Waals surface area contributed by atoms with Crippen LogP contribution in [-0.2, 0) is 11.0 Å². The van der Waals surface area contributed by atoms with Crippen LogP contribution in [0.4, 0.5) is 5.82 Å². The lowest BCUT2D eigenvalue weighted by molar-refractivity contribution is 0.669. The summed E-state index contributed by atoms with van der Waals surface area (Å²) < 4.78 is 18.0. The maximum Gasteiger partial charge on any atom is 0.172 e. The van der Waals surface area contributed by atoms with Gasteiger partial charge < -0.3 is 5.32 Å². The minimum atomic E-state index is -1.28. The second-order valence-corrected chi connectivity index (χ2v) is 10.1. The molecule has 0 radical (unpaired) electrons. The molecule has 0 aliphatic carbocycles. The third-order valence-electron chi connectivity index (χ3n) is 4.81. The van der Waals surface area contributed by atoms with E-state index < -0.39 is 11.0 Å². The van der Waals surface area contributed by atoms with Gasteiger partial charge in [-0.1, -0.05) is 41.4 Å². The molecule has 4 aromatic rings. The number of fused-ring (bicyclic) bond motifs is 1. The number of rotatable bonds is 8. The molecule has 1 unspecified atom stereocenters. The van der Waals surface area contributed by atoms with Crippen molar-refractivity contribution in [2.45, 2.75) is 18.2 Å². The van der Waals surface area contributed by atoms with Gasteiger partial charge in [-0.3, -0.25) is 0 Å². The van der Waals surface area contributed by atoms with Crippen molar-refractivity contribution in [2.75, 3.05) is 18.4 Å². The van der Waals surface area contributed by atoms with Crippen molar-refractivity contribution in [3.63, 3.8) is 0 Å². The molecule has 0 bridgehead atoms. The molecule has 0 saturated heterocycles. The number of aryl methyl sites for hydroxylation is 1. The zero-order chi connectivity index (χ0) is 22.7. The highest BCUT2D eigenvalue weighted by atomic mass is 79.9. The molecular formula is C22H20BrCl2N5OS. The van der Waals surface area contributed by atoms with Crippen molar-refractivity contribution >= 4 is 61.6 Å². The Hall–Kier alpha value is -1.97. The fourth-order valence-electron chi connectivity index (χ4n) is 3.15. The Morgan fingerprint density at radius 3 is 2.69 bits per heavy atom. The molecule has 6 nitrogen and oxygen atoms in total. The smallest absolute Gasteiger partial charge is 0.172 e. The Morgan fingerprint density at radius 1 is 1.09 bits per heavy atom. The summed E-state index contributed by atoms with van der Waals surface area (Å²) in [6, 6.07) is 14.9. The first-order valence-electron chi connectivity index (χ1n) is 9.88. The Labute approximate surface area is 207 Å². The van der Waals surface area contributed by atoms with Gasteiger partial charge in [0.15, 0.2) is 5.65 Å². The number of hydrogen-bond donors (Lipinski definition) is 2. The first-order chi connectivity index (χ1) is 15.4. The highest BCUT2D eigenvalue weighted by Gasteiger charge is 2.13. The van der Waals surface area contributed by atoms with E-state index in [0.717, 1.165) is 33.5 Å². The third kappa shape index (κ3) is 5.15. The van der Waals surface area contributed by atoms with Gasteiger partial charge in [-0.2, -0.15) is 9.61 Å². The molecule has 32 heavy (non-hydrogen) atoms. The molecule has 166 valence electrons.